The standard InChI is InChI=1S/C21H16BrN5O3/c1-25-18-16(19(28)24-21(25)29)27-17(22)15(12-8-4-3-5-9-12)26(20(27)23-18)13-10-6-7-11-14(13)30-2/h3-11H,1-2H3,(H,24,28,29). The highest BCUT2D eigenvalue weighted by Gasteiger charge is 2.26. The van der Waals surface area contributed by atoms with Crippen LogP contribution in [-0.2, 0) is 7.05 Å². The highest BCUT2D eigenvalue weighted by molar-refractivity contribution is 9.10. The molecular formula is C21H16BrN5O3. The maximum atomic E-state index is 12.7. The number of halogens is 1. The first kappa shape index (κ1) is 18.4. The van der Waals surface area contributed by atoms with Gasteiger partial charge in [0.15, 0.2) is 11.2 Å². The summed E-state index contributed by atoms with van der Waals surface area (Å²) in [6, 6.07) is 17.4. The second kappa shape index (κ2) is 6.74. The molecule has 5 aromatic rings. The van der Waals surface area contributed by atoms with E-state index in [-0.39, 0.29) is 5.52 Å². The minimum absolute atomic E-state index is 0.282. The fourth-order valence-electron chi connectivity index (χ4n) is 3.69. The number of imidazole rings is 2. The van der Waals surface area contributed by atoms with E-state index in [1.54, 1.807) is 18.6 Å². The van der Waals surface area contributed by atoms with E-state index in [4.69, 9.17) is 4.74 Å². The van der Waals surface area contributed by atoms with E-state index in [0.717, 1.165) is 16.9 Å². The number of para-hydroxylation sites is 2. The number of aromatic nitrogens is 5. The zero-order valence-electron chi connectivity index (χ0n) is 16.1. The van der Waals surface area contributed by atoms with Gasteiger partial charge in [-0.2, -0.15) is 4.98 Å². The van der Waals surface area contributed by atoms with E-state index in [9.17, 15) is 9.59 Å². The molecule has 3 heterocycles. The summed E-state index contributed by atoms with van der Waals surface area (Å²) in [6.07, 6.45) is 0. The highest BCUT2D eigenvalue weighted by Crippen LogP contribution is 2.38. The molecule has 0 saturated carbocycles. The van der Waals surface area contributed by atoms with Crippen LogP contribution in [0.15, 0.2) is 68.8 Å². The molecule has 5 rings (SSSR count). The number of hydrogen-bond donors (Lipinski definition) is 1. The fraction of sp³-hybridized carbons (Fsp3) is 0.0952. The molecule has 0 unspecified atom stereocenters. The number of ether oxygens (including phenoxy) is 1. The minimum atomic E-state index is -0.517. The van der Waals surface area contributed by atoms with E-state index in [0.29, 0.717) is 21.8 Å². The van der Waals surface area contributed by atoms with Crippen LogP contribution in [0.3, 0.4) is 0 Å². The number of fused-ring (bicyclic) bond motifs is 3. The Bertz CT molecular complexity index is 1540. The topological polar surface area (TPSA) is 86.3 Å². The molecule has 0 radical (unpaired) electrons. The van der Waals surface area contributed by atoms with Crippen molar-refractivity contribution in [1.82, 2.24) is 23.5 Å². The number of nitrogens with zero attached hydrogens (tertiary/aromatic N) is 4. The largest absolute Gasteiger partial charge is 0.495 e. The van der Waals surface area contributed by atoms with E-state index in [1.165, 1.54) is 4.57 Å². The number of rotatable bonds is 3. The summed E-state index contributed by atoms with van der Waals surface area (Å²) in [4.78, 5) is 31.8. The monoisotopic (exact) mass is 465 g/mol. The smallest absolute Gasteiger partial charge is 0.329 e. The second-order valence-corrected chi connectivity index (χ2v) is 7.50. The number of methoxy groups -OCH3 is 1. The van der Waals surface area contributed by atoms with Crippen molar-refractivity contribution in [3.05, 3.63) is 80.0 Å². The van der Waals surface area contributed by atoms with Crippen LogP contribution in [0.2, 0.25) is 0 Å². The Morgan fingerprint density at radius 1 is 1.03 bits per heavy atom. The maximum absolute atomic E-state index is 12.7. The molecular weight excluding hydrogens is 450 g/mol. The van der Waals surface area contributed by atoms with Gasteiger partial charge in [-0.15, -0.1) is 0 Å². The zero-order valence-corrected chi connectivity index (χ0v) is 17.7. The lowest BCUT2D eigenvalue weighted by atomic mass is 10.1. The van der Waals surface area contributed by atoms with Crippen molar-refractivity contribution < 1.29 is 4.74 Å². The van der Waals surface area contributed by atoms with Crippen molar-refractivity contribution in [3.63, 3.8) is 0 Å². The van der Waals surface area contributed by atoms with Crippen LogP contribution in [-0.4, -0.2) is 30.6 Å². The highest BCUT2D eigenvalue weighted by atomic mass is 79.9. The summed E-state index contributed by atoms with van der Waals surface area (Å²) in [5.74, 6) is 1.13. The summed E-state index contributed by atoms with van der Waals surface area (Å²) < 4.78 is 11.2. The fourth-order valence-corrected chi connectivity index (χ4v) is 4.43. The van der Waals surface area contributed by atoms with Gasteiger partial charge in [-0.1, -0.05) is 42.5 Å². The predicted octanol–water partition coefficient (Wildman–Crippen LogP) is 3.10. The normalized spacial score (nSPS) is 11.4. The third kappa shape index (κ3) is 2.48. The second-order valence-electron chi connectivity index (χ2n) is 6.75. The van der Waals surface area contributed by atoms with Crippen LogP contribution in [0, 0.1) is 0 Å². The third-order valence-corrected chi connectivity index (χ3v) is 5.82. The molecule has 0 aliphatic carbocycles. The lowest BCUT2D eigenvalue weighted by Crippen LogP contribution is -2.28. The van der Waals surface area contributed by atoms with Crippen molar-refractivity contribution in [2.45, 2.75) is 0 Å². The Hall–Kier alpha value is -3.59. The number of H-pyrrole nitrogens is 1. The Morgan fingerprint density at radius 3 is 2.47 bits per heavy atom. The third-order valence-electron chi connectivity index (χ3n) is 5.09. The lowest BCUT2D eigenvalue weighted by Gasteiger charge is -2.13. The van der Waals surface area contributed by atoms with Crippen LogP contribution in [0.5, 0.6) is 5.75 Å². The van der Waals surface area contributed by atoms with E-state index >= 15 is 0 Å². The molecule has 0 aliphatic heterocycles. The van der Waals surface area contributed by atoms with E-state index in [1.807, 2.05) is 59.2 Å². The molecule has 0 spiro atoms. The molecule has 30 heavy (non-hydrogen) atoms. The van der Waals surface area contributed by atoms with Gasteiger partial charge >= 0.3 is 5.69 Å². The van der Waals surface area contributed by atoms with Gasteiger partial charge in [0.1, 0.15) is 10.4 Å². The average molecular weight is 466 g/mol. The molecule has 0 amide bonds. The first-order valence-electron chi connectivity index (χ1n) is 9.13. The van der Waals surface area contributed by atoms with Gasteiger partial charge in [-0.05, 0) is 28.1 Å². The van der Waals surface area contributed by atoms with Crippen molar-refractivity contribution >= 4 is 32.9 Å². The van der Waals surface area contributed by atoms with Gasteiger partial charge in [0.05, 0.1) is 18.5 Å². The number of aryl methyl sites for hydroxylation is 1. The lowest BCUT2D eigenvalue weighted by molar-refractivity contribution is 0.413. The van der Waals surface area contributed by atoms with Gasteiger partial charge in [-0.3, -0.25) is 23.3 Å². The van der Waals surface area contributed by atoms with Crippen LogP contribution >= 0.6 is 15.9 Å². The molecule has 0 fully saturated rings. The predicted molar refractivity (Wildman–Crippen MR) is 118 cm³/mol. The first-order chi connectivity index (χ1) is 14.5. The maximum Gasteiger partial charge on any atom is 0.329 e. The molecule has 0 aliphatic rings. The van der Waals surface area contributed by atoms with Crippen LogP contribution in [0.1, 0.15) is 0 Å². The number of nitrogens with one attached hydrogen (secondary N) is 1. The van der Waals surface area contributed by atoms with Crippen molar-refractivity contribution in [2.24, 2.45) is 7.05 Å². The van der Waals surface area contributed by atoms with Crippen molar-refractivity contribution in [3.8, 4) is 22.7 Å². The van der Waals surface area contributed by atoms with Gasteiger partial charge in [0.2, 0.25) is 5.78 Å². The molecule has 2 aromatic carbocycles. The summed E-state index contributed by atoms with van der Waals surface area (Å²) >= 11 is 3.68. The Kier molecular flexibility index (Phi) is 4.14. The summed E-state index contributed by atoms with van der Waals surface area (Å²) in [5.41, 5.74) is 2.04. The van der Waals surface area contributed by atoms with E-state index in [2.05, 4.69) is 25.9 Å². The van der Waals surface area contributed by atoms with Crippen LogP contribution < -0.4 is 16.0 Å². The molecule has 3 aromatic heterocycles. The van der Waals surface area contributed by atoms with Gasteiger partial charge in [0.25, 0.3) is 5.56 Å². The molecule has 150 valence electrons. The molecule has 0 bridgehead atoms. The number of aromatic amines is 1. The molecule has 0 atom stereocenters. The van der Waals surface area contributed by atoms with Gasteiger partial charge < -0.3 is 4.74 Å². The quantitative estimate of drug-likeness (QED) is 0.443. The Morgan fingerprint density at radius 2 is 1.73 bits per heavy atom. The van der Waals surface area contributed by atoms with Gasteiger partial charge in [-0.25, -0.2) is 4.79 Å². The molecule has 8 nitrogen and oxygen atoms in total. The Labute approximate surface area is 178 Å². The molecule has 0 saturated heterocycles. The van der Waals surface area contributed by atoms with Gasteiger partial charge in [0, 0.05) is 12.6 Å². The average Bonchev–Trinajstić information content (AvgIpc) is 3.28. The minimum Gasteiger partial charge on any atom is -0.495 e. The first-order valence-corrected chi connectivity index (χ1v) is 9.92. The van der Waals surface area contributed by atoms with Crippen molar-refractivity contribution in [1.29, 1.82) is 0 Å². The summed E-state index contributed by atoms with van der Waals surface area (Å²) in [6.45, 7) is 0. The zero-order chi connectivity index (χ0) is 21.0. The Balaban J connectivity index is 2.04. The number of hydrogen-bond acceptors (Lipinski definition) is 4. The summed E-state index contributed by atoms with van der Waals surface area (Å²) in [7, 11) is 3.18. The van der Waals surface area contributed by atoms with Crippen LogP contribution in [0.4, 0.5) is 0 Å². The number of benzene rings is 2. The van der Waals surface area contributed by atoms with Crippen LogP contribution in [0.25, 0.3) is 33.9 Å². The molecule has 1 N–H and O–H groups in total. The van der Waals surface area contributed by atoms with E-state index < -0.39 is 11.2 Å². The molecule has 9 heteroatoms. The summed E-state index contributed by atoms with van der Waals surface area (Å²) in [5, 5.41) is 0. The van der Waals surface area contributed by atoms with Crippen molar-refractivity contribution in [2.75, 3.05) is 7.11 Å². The SMILES string of the molecule is COc1ccccc1-n1c(-c2ccccc2)c(Br)n2c3c(=O)[nH]c(=O)n(C)c3nc12.